The molecule has 0 amide bonds. The summed E-state index contributed by atoms with van der Waals surface area (Å²) >= 11 is 0. The molecule has 0 N–H and O–H groups in total. The van der Waals surface area contributed by atoms with Crippen molar-refractivity contribution in [1.82, 2.24) is 15.2 Å². The molecule has 0 unspecified atom stereocenters. The second-order valence-corrected chi connectivity index (χ2v) is 2.62. The fourth-order valence-corrected chi connectivity index (χ4v) is 1.02. The van der Waals surface area contributed by atoms with Crippen LogP contribution in [-0.2, 0) is 6.42 Å². The topological polar surface area (TPSA) is 65.0 Å². The van der Waals surface area contributed by atoms with Crippen LogP contribution in [0.4, 0.5) is 0 Å². The number of hydrogen-bond donors (Lipinski definition) is 0. The standard InChI is InChI=1S/C8H9N3O2/c1-2-3-7-10-6(4-12-7)8-11-9-5-13-8/h4-5H,2-3H2,1H3. The maximum absolute atomic E-state index is 5.19. The molecule has 0 aliphatic carbocycles. The molecule has 5 heteroatoms. The van der Waals surface area contributed by atoms with Crippen molar-refractivity contribution in [2.45, 2.75) is 19.8 Å². The van der Waals surface area contributed by atoms with Crippen molar-refractivity contribution in [2.24, 2.45) is 0 Å². The van der Waals surface area contributed by atoms with Crippen LogP contribution in [0.15, 0.2) is 21.5 Å². The quantitative estimate of drug-likeness (QED) is 0.717. The molecule has 2 heterocycles. The fraction of sp³-hybridized carbons (Fsp3) is 0.375. The first-order chi connectivity index (χ1) is 6.40. The van der Waals surface area contributed by atoms with E-state index in [1.807, 2.05) is 0 Å². The Bertz CT molecular complexity index is 366. The van der Waals surface area contributed by atoms with Crippen LogP contribution in [0, 0.1) is 0 Å². The summed E-state index contributed by atoms with van der Waals surface area (Å²) in [6.07, 6.45) is 4.62. The Kier molecular flexibility index (Phi) is 2.08. The maximum atomic E-state index is 5.19. The van der Waals surface area contributed by atoms with Crippen molar-refractivity contribution < 1.29 is 8.83 Å². The van der Waals surface area contributed by atoms with Gasteiger partial charge in [0.25, 0.3) is 5.89 Å². The molecule has 0 aliphatic rings. The molecule has 13 heavy (non-hydrogen) atoms. The van der Waals surface area contributed by atoms with E-state index in [1.165, 1.54) is 12.7 Å². The number of nitrogens with zero attached hydrogens (tertiary/aromatic N) is 3. The van der Waals surface area contributed by atoms with Gasteiger partial charge in [0.05, 0.1) is 0 Å². The first-order valence-corrected chi connectivity index (χ1v) is 4.11. The van der Waals surface area contributed by atoms with Gasteiger partial charge in [-0.1, -0.05) is 6.92 Å². The molecule has 2 aromatic rings. The van der Waals surface area contributed by atoms with Gasteiger partial charge in [-0.25, -0.2) is 4.98 Å². The molecule has 5 nitrogen and oxygen atoms in total. The van der Waals surface area contributed by atoms with Crippen LogP contribution in [0.5, 0.6) is 0 Å². The Hall–Kier alpha value is -1.65. The summed E-state index contributed by atoms with van der Waals surface area (Å²) in [5, 5.41) is 7.28. The predicted molar refractivity (Wildman–Crippen MR) is 43.8 cm³/mol. The lowest BCUT2D eigenvalue weighted by Crippen LogP contribution is -1.83. The molecule has 68 valence electrons. The molecule has 0 aromatic carbocycles. The molecule has 2 rings (SSSR count). The van der Waals surface area contributed by atoms with Gasteiger partial charge in [-0.05, 0) is 6.42 Å². The van der Waals surface area contributed by atoms with E-state index in [-0.39, 0.29) is 0 Å². The second-order valence-electron chi connectivity index (χ2n) is 2.62. The van der Waals surface area contributed by atoms with Crippen LogP contribution >= 0.6 is 0 Å². The predicted octanol–water partition coefficient (Wildman–Crippen LogP) is 1.68. The van der Waals surface area contributed by atoms with Crippen LogP contribution in [-0.4, -0.2) is 15.2 Å². The number of hydrogen-bond acceptors (Lipinski definition) is 5. The summed E-state index contributed by atoms with van der Waals surface area (Å²) in [4.78, 5) is 4.18. The molecular formula is C8H9N3O2. The van der Waals surface area contributed by atoms with E-state index in [1.54, 1.807) is 0 Å². The van der Waals surface area contributed by atoms with Gasteiger partial charge in [-0.15, -0.1) is 10.2 Å². The van der Waals surface area contributed by atoms with Gasteiger partial charge in [0.15, 0.2) is 11.6 Å². The molecular weight excluding hydrogens is 170 g/mol. The number of aromatic nitrogens is 3. The zero-order chi connectivity index (χ0) is 9.10. The summed E-state index contributed by atoms with van der Waals surface area (Å²) in [5.74, 6) is 1.10. The second kappa shape index (κ2) is 3.38. The SMILES string of the molecule is CCCc1nc(-c2nnco2)co1. The number of oxazole rings is 1. The lowest BCUT2D eigenvalue weighted by molar-refractivity contribution is 0.491. The van der Waals surface area contributed by atoms with E-state index in [0.29, 0.717) is 17.5 Å². The third-order valence-corrected chi connectivity index (χ3v) is 1.59. The minimum atomic E-state index is 0.395. The highest BCUT2D eigenvalue weighted by atomic mass is 16.4. The molecule has 2 aromatic heterocycles. The third-order valence-electron chi connectivity index (χ3n) is 1.59. The van der Waals surface area contributed by atoms with Crippen molar-refractivity contribution >= 4 is 0 Å². The van der Waals surface area contributed by atoms with Crippen LogP contribution in [0.3, 0.4) is 0 Å². The summed E-state index contributed by atoms with van der Waals surface area (Å²) in [7, 11) is 0. The number of aryl methyl sites for hydroxylation is 1. The van der Waals surface area contributed by atoms with E-state index in [0.717, 1.165) is 12.8 Å². The van der Waals surface area contributed by atoms with Crippen molar-refractivity contribution in [2.75, 3.05) is 0 Å². The summed E-state index contributed by atoms with van der Waals surface area (Å²) in [5.41, 5.74) is 0.598. The summed E-state index contributed by atoms with van der Waals surface area (Å²) in [6.45, 7) is 2.07. The Morgan fingerprint density at radius 3 is 3.00 bits per heavy atom. The lowest BCUT2D eigenvalue weighted by Gasteiger charge is -1.85. The Labute approximate surface area is 74.8 Å². The van der Waals surface area contributed by atoms with E-state index >= 15 is 0 Å². The van der Waals surface area contributed by atoms with Gasteiger partial charge < -0.3 is 8.83 Å². The molecule has 0 aliphatic heterocycles. The molecule has 0 bridgehead atoms. The minimum Gasteiger partial charge on any atom is -0.448 e. The highest BCUT2D eigenvalue weighted by Gasteiger charge is 2.09. The van der Waals surface area contributed by atoms with Gasteiger partial charge in [0.2, 0.25) is 6.39 Å². The van der Waals surface area contributed by atoms with Gasteiger partial charge in [-0.3, -0.25) is 0 Å². The smallest absolute Gasteiger partial charge is 0.269 e. The Balaban J connectivity index is 2.23. The first-order valence-electron chi connectivity index (χ1n) is 4.11. The maximum Gasteiger partial charge on any atom is 0.269 e. The van der Waals surface area contributed by atoms with Crippen molar-refractivity contribution in [3.05, 3.63) is 18.5 Å². The van der Waals surface area contributed by atoms with E-state index in [9.17, 15) is 0 Å². The molecule has 0 radical (unpaired) electrons. The highest BCUT2D eigenvalue weighted by molar-refractivity contribution is 5.42. The van der Waals surface area contributed by atoms with Crippen LogP contribution in [0.25, 0.3) is 11.6 Å². The van der Waals surface area contributed by atoms with Crippen molar-refractivity contribution in [3.63, 3.8) is 0 Å². The number of rotatable bonds is 3. The van der Waals surface area contributed by atoms with E-state index < -0.39 is 0 Å². The molecule has 0 fully saturated rings. The van der Waals surface area contributed by atoms with Crippen LogP contribution in [0.1, 0.15) is 19.2 Å². The van der Waals surface area contributed by atoms with Gasteiger partial charge in [0.1, 0.15) is 6.26 Å². The Morgan fingerprint density at radius 1 is 1.38 bits per heavy atom. The fourth-order valence-electron chi connectivity index (χ4n) is 1.02. The first kappa shape index (κ1) is 7.97. The molecule has 0 spiro atoms. The largest absolute Gasteiger partial charge is 0.448 e. The normalized spacial score (nSPS) is 10.5. The average molecular weight is 179 g/mol. The van der Waals surface area contributed by atoms with Gasteiger partial charge in [-0.2, -0.15) is 0 Å². The third kappa shape index (κ3) is 1.58. The van der Waals surface area contributed by atoms with Gasteiger partial charge >= 0.3 is 0 Å². The van der Waals surface area contributed by atoms with Gasteiger partial charge in [0, 0.05) is 6.42 Å². The molecule has 0 saturated carbocycles. The Morgan fingerprint density at radius 2 is 2.31 bits per heavy atom. The highest BCUT2D eigenvalue weighted by Crippen LogP contribution is 2.15. The van der Waals surface area contributed by atoms with Crippen LogP contribution in [0.2, 0.25) is 0 Å². The zero-order valence-corrected chi connectivity index (χ0v) is 7.23. The molecule has 0 atom stereocenters. The summed E-state index contributed by atoms with van der Waals surface area (Å²) in [6, 6.07) is 0. The molecule has 0 saturated heterocycles. The van der Waals surface area contributed by atoms with Crippen LogP contribution < -0.4 is 0 Å². The van der Waals surface area contributed by atoms with Crippen molar-refractivity contribution in [1.29, 1.82) is 0 Å². The van der Waals surface area contributed by atoms with E-state index in [4.69, 9.17) is 8.83 Å². The van der Waals surface area contributed by atoms with E-state index in [2.05, 4.69) is 22.1 Å². The zero-order valence-electron chi connectivity index (χ0n) is 7.23. The average Bonchev–Trinajstić information content (AvgIpc) is 2.70. The van der Waals surface area contributed by atoms with Crippen molar-refractivity contribution in [3.8, 4) is 11.6 Å². The minimum absolute atomic E-state index is 0.395. The summed E-state index contributed by atoms with van der Waals surface area (Å²) < 4.78 is 10.2. The lowest BCUT2D eigenvalue weighted by atomic mass is 10.3. The monoisotopic (exact) mass is 179 g/mol.